The Morgan fingerprint density at radius 2 is 2.04 bits per heavy atom. The third-order valence-corrected chi connectivity index (χ3v) is 4.20. The first kappa shape index (κ1) is 16.0. The highest BCUT2D eigenvalue weighted by Crippen LogP contribution is 2.22. The third kappa shape index (κ3) is 3.22. The molecule has 0 aliphatic carbocycles. The van der Waals surface area contributed by atoms with Gasteiger partial charge in [0.2, 0.25) is 5.91 Å². The van der Waals surface area contributed by atoms with Crippen LogP contribution in [0.1, 0.15) is 21.6 Å². The van der Waals surface area contributed by atoms with Gasteiger partial charge in [-0.15, -0.1) is 0 Å². The van der Waals surface area contributed by atoms with Crippen molar-refractivity contribution in [2.24, 2.45) is 11.7 Å². The lowest BCUT2D eigenvalue weighted by Crippen LogP contribution is -2.54. The second kappa shape index (κ2) is 6.70. The van der Waals surface area contributed by atoms with Gasteiger partial charge in [0.1, 0.15) is 5.75 Å². The minimum Gasteiger partial charge on any atom is -0.496 e. The summed E-state index contributed by atoms with van der Waals surface area (Å²) in [4.78, 5) is 29.5. The number of benzene rings is 1. The average molecular weight is 325 g/mol. The molecule has 2 heterocycles. The number of rotatable bonds is 5. The highest BCUT2D eigenvalue weighted by atomic mass is 16.5. The summed E-state index contributed by atoms with van der Waals surface area (Å²) >= 11 is 0. The molecule has 1 aromatic carbocycles. The molecule has 0 unspecified atom stereocenters. The van der Waals surface area contributed by atoms with Gasteiger partial charge in [0.15, 0.2) is 0 Å². The molecule has 0 spiro atoms. The Morgan fingerprint density at radius 3 is 2.75 bits per heavy atom. The Kier molecular flexibility index (Phi) is 4.46. The van der Waals surface area contributed by atoms with E-state index in [0.29, 0.717) is 25.1 Å². The fourth-order valence-corrected chi connectivity index (χ4v) is 2.76. The summed E-state index contributed by atoms with van der Waals surface area (Å²) in [7, 11) is 1.63. The molecule has 0 bridgehead atoms. The van der Waals surface area contributed by atoms with Gasteiger partial charge < -0.3 is 15.4 Å². The van der Waals surface area contributed by atoms with Crippen LogP contribution >= 0.6 is 0 Å². The zero-order valence-corrected chi connectivity index (χ0v) is 13.4. The van der Waals surface area contributed by atoms with Crippen LogP contribution in [0.4, 0.5) is 0 Å². The van der Waals surface area contributed by atoms with Crippen molar-refractivity contribution in [1.29, 1.82) is 0 Å². The summed E-state index contributed by atoms with van der Waals surface area (Å²) in [5, 5.41) is 0. The molecule has 0 saturated carbocycles. The van der Waals surface area contributed by atoms with E-state index in [0.717, 1.165) is 17.0 Å². The lowest BCUT2D eigenvalue weighted by Gasteiger charge is -2.37. The maximum Gasteiger partial charge on any atom is 0.254 e. The molecule has 3 rings (SSSR count). The second-order valence-electron chi connectivity index (χ2n) is 5.83. The van der Waals surface area contributed by atoms with Crippen molar-refractivity contribution in [2.45, 2.75) is 6.42 Å². The summed E-state index contributed by atoms with van der Waals surface area (Å²) in [6, 6.07) is 11.2. The number of nitrogens with zero attached hydrogens (tertiary/aromatic N) is 2. The first-order chi connectivity index (χ1) is 11.6. The van der Waals surface area contributed by atoms with Crippen LogP contribution in [0.3, 0.4) is 0 Å². The largest absolute Gasteiger partial charge is 0.496 e. The van der Waals surface area contributed by atoms with Crippen molar-refractivity contribution in [3.8, 4) is 5.75 Å². The molecule has 1 aliphatic heterocycles. The van der Waals surface area contributed by atoms with Gasteiger partial charge in [-0.2, -0.15) is 0 Å². The van der Waals surface area contributed by atoms with Gasteiger partial charge in [0.25, 0.3) is 5.91 Å². The van der Waals surface area contributed by atoms with Crippen LogP contribution in [0.25, 0.3) is 0 Å². The van der Waals surface area contributed by atoms with Crippen LogP contribution in [0, 0.1) is 5.92 Å². The van der Waals surface area contributed by atoms with Crippen molar-refractivity contribution in [1.82, 2.24) is 9.88 Å². The van der Waals surface area contributed by atoms with Crippen LogP contribution in [0.2, 0.25) is 0 Å². The first-order valence-electron chi connectivity index (χ1n) is 7.74. The predicted octanol–water partition coefficient (Wildman–Crippen LogP) is 1.24. The number of likely N-dealkylation sites (tertiary alicyclic amines) is 1. The smallest absolute Gasteiger partial charge is 0.254 e. The molecule has 1 aliphatic rings. The fraction of sp³-hybridized carbons (Fsp3) is 0.278. The molecule has 0 radical (unpaired) electrons. The molecule has 6 nitrogen and oxygen atoms in total. The van der Waals surface area contributed by atoms with Crippen LogP contribution < -0.4 is 10.5 Å². The van der Waals surface area contributed by atoms with Gasteiger partial charge in [-0.1, -0.05) is 18.2 Å². The number of ether oxygens (including phenoxy) is 1. The van der Waals surface area contributed by atoms with E-state index >= 15 is 0 Å². The zero-order valence-electron chi connectivity index (χ0n) is 13.4. The minimum atomic E-state index is -0.356. The number of aromatic nitrogens is 1. The number of hydrogen-bond donors (Lipinski definition) is 1. The van der Waals surface area contributed by atoms with Crippen LogP contribution in [-0.4, -0.2) is 41.9 Å². The van der Waals surface area contributed by atoms with Gasteiger partial charge in [-0.3, -0.25) is 14.6 Å². The molecular formula is C18H19N3O3. The van der Waals surface area contributed by atoms with E-state index in [4.69, 9.17) is 10.5 Å². The third-order valence-electron chi connectivity index (χ3n) is 4.20. The van der Waals surface area contributed by atoms with Crippen LogP contribution in [0.5, 0.6) is 5.75 Å². The Hall–Kier alpha value is -2.89. The molecule has 1 fully saturated rings. The van der Waals surface area contributed by atoms with Crippen LogP contribution in [0.15, 0.2) is 42.6 Å². The number of carbonyl (C=O) groups excluding carboxylic acids is 2. The van der Waals surface area contributed by atoms with E-state index < -0.39 is 0 Å². The van der Waals surface area contributed by atoms with Crippen LogP contribution in [-0.2, 0) is 11.2 Å². The van der Waals surface area contributed by atoms with Crippen molar-refractivity contribution < 1.29 is 14.3 Å². The molecule has 2 amide bonds. The summed E-state index contributed by atoms with van der Waals surface area (Å²) in [6.07, 6.45) is 2.21. The molecule has 24 heavy (non-hydrogen) atoms. The summed E-state index contributed by atoms with van der Waals surface area (Å²) < 4.78 is 5.35. The number of para-hydroxylation sites is 1. The van der Waals surface area contributed by atoms with Gasteiger partial charge >= 0.3 is 0 Å². The lowest BCUT2D eigenvalue weighted by atomic mass is 9.98. The topological polar surface area (TPSA) is 85.5 Å². The molecule has 2 aromatic rings. The first-order valence-corrected chi connectivity index (χ1v) is 7.74. The van der Waals surface area contributed by atoms with Crippen molar-refractivity contribution in [3.05, 3.63) is 59.4 Å². The van der Waals surface area contributed by atoms with E-state index in [9.17, 15) is 9.59 Å². The number of nitrogens with two attached hydrogens (primary N) is 1. The molecule has 2 N–H and O–H groups in total. The van der Waals surface area contributed by atoms with Crippen molar-refractivity contribution in [3.63, 3.8) is 0 Å². The second-order valence-corrected chi connectivity index (χ2v) is 5.83. The Bertz CT molecular complexity index is 770. The number of amides is 2. The summed E-state index contributed by atoms with van der Waals surface area (Å²) in [6.45, 7) is 0.774. The Labute approximate surface area is 140 Å². The van der Waals surface area contributed by atoms with Gasteiger partial charge in [-0.05, 0) is 18.2 Å². The number of pyridine rings is 1. The highest BCUT2D eigenvalue weighted by Gasteiger charge is 2.34. The number of carbonyl (C=O) groups is 2. The average Bonchev–Trinajstić information content (AvgIpc) is 2.54. The maximum atomic E-state index is 12.4. The Morgan fingerprint density at radius 1 is 1.29 bits per heavy atom. The van der Waals surface area contributed by atoms with Gasteiger partial charge in [-0.25, -0.2) is 0 Å². The Balaban J connectivity index is 1.73. The number of methoxy groups -OCH3 is 1. The monoisotopic (exact) mass is 325 g/mol. The SMILES string of the molecule is COc1ccccc1Cc1cc(C(=O)N2CC(C(N)=O)C2)ccn1. The molecule has 0 atom stereocenters. The fourth-order valence-electron chi connectivity index (χ4n) is 2.76. The molecule has 1 saturated heterocycles. The van der Waals surface area contributed by atoms with Crippen molar-refractivity contribution in [2.75, 3.05) is 20.2 Å². The van der Waals surface area contributed by atoms with E-state index in [-0.39, 0.29) is 17.7 Å². The molecule has 124 valence electrons. The summed E-state index contributed by atoms with van der Waals surface area (Å²) in [5.74, 6) is 0.105. The normalized spacial score (nSPS) is 14.1. The zero-order chi connectivity index (χ0) is 17.1. The summed E-state index contributed by atoms with van der Waals surface area (Å²) in [5.41, 5.74) is 7.60. The molecular weight excluding hydrogens is 306 g/mol. The molecule has 6 heteroatoms. The van der Waals surface area contributed by atoms with E-state index in [2.05, 4.69) is 4.98 Å². The lowest BCUT2D eigenvalue weighted by molar-refractivity contribution is -0.125. The molecule has 1 aromatic heterocycles. The van der Waals surface area contributed by atoms with Gasteiger partial charge in [0.05, 0.1) is 13.0 Å². The predicted molar refractivity (Wildman–Crippen MR) is 88.6 cm³/mol. The standard InChI is InChI=1S/C18H19N3O3/c1-24-16-5-3-2-4-12(16)8-15-9-13(6-7-20-15)18(23)21-10-14(11-21)17(19)22/h2-7,9,14H,8,10-11H2,1H3,(H2,19,22). The van der Waals surface area contributed by atoms with Crippen molar-refractivity contribution >= 4 is 11.8 Å². The maximum absolute atomic E-state index is 12.4. The van der Waals surface area contributed by atoms with E-state index in [1.807, 2.05) is 24.3 Å². The van der Waals surface area contributed by atoms with Gasteiger partial charge in [0, 0.05) is 42.5 Å². The quantitative estimate of drug-likeness (QED) is 0.896. The van der Waals surface area contributed by atoms with E-state index in [1.54, 1.807) is 30.3 Å². The minimum absolute atomic E-state index is 0.101. The highest BCUT2D eigenvalue weighted by molar-refractivity contribution is 5.96. The number of primary amides is 1. The van der Waals surface area contributed by atoms with E-state index in [1.165, 1.54) is 0 Å². The number of hydrogen-bond acceptors (Lipinski definition) is 4.